The van der Waals surface area contributed by atoms with Crippen LogP contribution in [0.25, 0.3) is 0 Å². The number of ether oxygens (including phenoxy) is 1. The average Bonchev–Trinajstić information content (AvgIpc) is 3.23. The highest BCUT2D eigenvalue weighted by atomic mass is 16.5. The van der Waals surface area contributed by atoms with E-state index in [9.17, 15) is 19.8 Å². The van der Waals surface area contributed by atoms with E-state index in [4.69, 9.17) is 9.84 Å². The smallest absolute Gasteiger partial charge is 0.306 e. The van der Waals surface area contributed by atoms with Crippen molar-refractivity contribution in [3.05, 3.63) is 60.7 Å². The number of carbonyl (C=O) groups excluding carboxylic acids is 1. The van der Waals surface area contributed by atoms with Crippen LogP contribution in [-0.4, -0.2) is 45.6 Å². The van der Waals surface area contributed by atoms with Crippen molar-refractivity contribution < 1.29 is 29.6 Å². The van der Waals surface area contributed by atoms with Gasteiger partial charge in [-0.05, 0) is 75.7 Å². The number of hydrogen-bond acceptors (Lipinski definition) is 5. The normalized spacial score (nSPS) is 21.4. The first-order valence-electron chi connectivity index (χ1n) is 15.5. The highest BCUT2D eigenvalue weighted by molar-refractivity contribution is 5.69. The monoisotopic (exact) mass is 556 g/mol. The summed E-state index contributed by atoms with van der Waals surface area (Å²) in [7, 11) is 0. The van der Waals surface area contributed by atoms with Gasteiger partial charge in [0, 0.05) is 25.2 Å². The van der Waals surface area contributed by atoms with Crippen LogP contribution in [0.5, 0.6) is 0 Å². The zero-order valence-electron chi connectivity index (χ0n) is 24.3. The summed E-state index contributed by atoms with van der Waals surface area (Å²) in [5.74, 6) is -1.05. The minimum atomic E-state index is -0.793. The molecule has 0 heterocycles. The summed E-state index contributed by atoms with van der Waals surface area (Å²) in [6, 6.07) is 10.1. The molecule has 0 unspecified atom stereocenters. The lowest BCUT2D eigenvalue weighted by Gasteiger charge is -2.26. The molecule has 0 bridgehead atoms. The van der Waals surface area contributed by atoms with Crippen LogP contribution in [0.3, 0.4) is 0 Å². The Labute approximate surface area is 241 Å². The van der Waals surface area contributed by atoms with Crippen molar-refractivity contribution in [1.29, 1.82) is 0 Å². The van der Waals surface area contributed by atoms with Crippen molar-refractivity contribution in [3.63, 3.8) is 0 Å². The number of aliphatic carboxylic acids is 1. The molecular formula is C34H52O6. The summed E-state index contributed by atoms with van der Waals surface area (Å²) in [6.45, 7) is 3.75. The van der Waals surface area contributed by atoms with Gasteiger partial charge in [0.15, 0.2) is 0 Å². The minimum Gasteiger partial charge on any atom is -0.481 e. The molecule has 1 fully saturated rings. The maximum Gasteiger partial charge on any atom is 0.306 e. The molecule has 1 saturated carbocycles. The van der Waals surface area contributed by atoms with E-state index < -0.39 is 18.2 Å². The molecule has 3 N–H and O–H groups in total. The summed E-state index contributed by atoms with van der Waals surface area (Å²) in [6.07, 6.45) is 17.9. The second-order valence-electron chi connectivity index (χ2n) is 11.4. The van der Waals surface area contributed by atoms with Gasteiger partial charge in [0.2, 0.25) is 0 Å². The lowest BCUT2D eigenvalue weighted by atomic mass is 9.85. The van der Waals surface area contributed by atoms with E-state index in [-0.39, 0.29) is 30.3 Å². The Morgan fingerprint density at radius 1 is 0.925 bits per heavy atom. The first kappa shape index (κ1) is 33.8. The molecule has 1 aliphatic rings. The molecule has 0 radical (unpaired) electrons. The molecule has 1 aliphatic carbocycles. The fourth-order valence-corrected chi connectivity index (χ4v) is 5.76. The topological polar surface area (TPSA) is 104 Å². The molecule has 0 aliphatic heterocycles. The predicted molar refractivity (Wildman–Crippen MR) is 160 cm³/mol. The van der Waals surface area contributed by atoms with Crippen LogP contribution in [0.4, 0.5) is 0 Å². The van der Waals surface area contributed by atoms with Gasteiger partial charge in [-0.3, -0.25) is 9.59 Å². The largest absolute Gasteiger partial charge is 0.481 e. The molecule has 6 nitrogen and oxygen atoms in total. The van der Waals surface area contributed by atoms with Crippen LogP contribution < -0.4 is 0 Å². The number of carboxylic acid groups (broad SMARTS) is 1. The van der Waals surface area contributed by atoms with E-state index in [1.165, 1.54) is 24.8 Å². The van der Waals surface area contributed by atoms with Gasteiger partial charge in [-0.2, -0.15) is 0 Å². The lowest BCUT2D eigenvalue weighted by molar-refractivity contribution is -0.151. The number of allylic oxidation sites excluding steroid dienone is 3. The number of unbranched alkanes of at least 4 members (excludes halogenated alkanes) is 7. The van der Waals surface area contributed by atoms with Crippen LogP contribution in [0.15, 0.2) is 55.1 Å². The van der Waals surface area contributed by atoms with Gasteiger partial charge in [0.05, 0.1) is 12.2 Å². The summed E-state index contributed by atoms with van der Waals surface area (Å²) < 4.78 is 5.94. The van der Waals surface area contributed by atoms with Crippen LogP contribution in [0.1, 0.15) is 108 Å². The fourth-order valence-electron chi connectivity index (χ4n) is 5.76. The standard InChI is InChI=1S/C34H52O6/c1-2-3-4-5-6-7-8-16-21-34(39)40-32-26-31(36)29(19-14-9-10-15-20-33(37)38)30(32)25-24-28(35)23-22-27-17-12-11-13-18-27/h2,9,11-14,17-18,28-32,35-36H,1,3-8,10,15-16,19-26H2,(H,37,38)/b14-9-/t28-,29+,30+,31-,32+/m0/s1. The fraction of sp³-hybridized carbons (Fsp3) is 0.647. The van der Waals surface area contributed by atoms with Gasteiger partial charge < -0.3 is 20.1 Å². The van der Waals surface area contributed by atoms with E-state index in [0.717, 1.165) is 32.1 Å². The summed E-state index contributed by atoms with van der Waals surface area (Å²) >= 11 is 0. The highest BCUT2D eigenvalue weighted by Crippen LogP contribution is 2.40. The summed E-state index contributed by atoms with van der Waals surface area (Å²) in [4.78, 5) is 23.4. The number of hydrogen-bond donors (Lipinski definition) is 3. The third kappa shape index (κ3) is 14.3. The summed E-state index contributed by atoms with van der Waals surface area (Å²) in [5.41, 5.74) is 1.20. The molecule has 1 aromatic carbocycles. The molecule has 0 spiro atoms. The van der Waals surface area contributed by atoms with Gasteiger partial charge in [0.25, 0.3) is 0 Å². The highest BCUT2D eigenvalue weighted by Gasteiger charge is 2.43. The average molecular weight is 557 g/mol. The molecular weight excluding hydrogens is 504 g/mol. The Morgan fingerprint density at radius 2 is 1.65 bits per heavy atom. The maximum atomic E-state index is 12.7. The maximum absolute atomic E-state index is 12.7. The first-order chi connectivity index (χ1) is 19.4. The molecule has 1 aromatic rings. The second kappa shape index (κ2) is 20.4. The number of aliphatic hydroxyl groups is 2. The second-order valence-corrected chi connectivity index (χ2v) is 11.4. The number of aliphatic hydroxyl groups excluding tert-OH is 2. The molecule has 0 amide bonds. The Morgan fingerprint density at radius 3 is 2.38 bits per heavy atom. The quantitative estimate of drug-likeness (QED) is 0.0794. The van der Waals surface area contributed by atoms with Gasteiger partial charge in [0.1, 0.15) is 6.10 Å². The Hall–Kier alpha value is -2.44. The van der Waals surface area contributed by atoms with Crippen LogP contribution in [0.2, 0.25) is 0 Å². The van der Waals surface area contributed by atoms with Crippen LogP contribution in [-0.2, 0) is 20.7 Å². The van der Waals surface area contributed by atoms with E-state index in [0.29, 0.717) is 51.4 Å². The number of carboxylic acids is 1. The number of rotatable bonds is 22. The van der Waals surface area contributed by atoms with Crippen LogP contribution >= 0.6 is 0 Å². The van der Waals surface area contributed by atoms with Gasteiger partial charge in [-0.15, -0.1) is 6.58 Å². The van der Waals surface area contributed by atoms with Gasteiger partial charge >= 0.3 is 11.9 Å². The molecule has 0 aromatic heterocycles. The molecule has 40 heavy (non-hydrogen) atoms. The van der Waals surface area contributed by atoms with Crippen molar-refractivity contribution >= 4 is 11.9 Å². The van der Waals surface area contributed by atoms with Crippen molar-refractivity contribution in [2.75, 3.05) is 0 Å². The summed E-state index contributed by atoms with van der Waals surface area (Å²) in [5, 5.41) is 30.4. The molecule has 6 heteroatoms. The Balaban J connectivity index is 1.86. The minimum absolute atomic E-state index is 0.0149. The van der Waals surface area contributed by atoms with E-state index in [1.54, 1.807) is 0 Å². The van der Waals surface area contributed by atoms with Gasteiger partial charge in [-0.25, -0.2) is 0 Å². The zero-order chi connectivity index (χ0) is 29.0. The molecule has 5 atom stereocenters. The number of benzene rings is 1. The molecule has 0 saturated heterocycles. The van der Waals surface area contributed by atoms with Crippen LogP contribution in [0, 0.1) is 11.8 Å². The van der Waals surface area contributed by atoms with Crippen molar-refractivity contribution in [1.82, 2.24) is 0 Å². The van der Waals surface area contributed by atoms with Gasteiger partial charge in [-0.1, -0.05) is 74.2 Å². The van der Waals surface area contributed by atoms with Crippen molar-refractivity contribution in [2.24, 2.45) is 11.8 Å². The van der Waals surface area contributed by atoms with E-state index in [2.05, 4.69) is 18.7 Å². The Kier molecular flexibility index (Phi) is 17.3. The number of carbonyl (C=O) groups is 2. The predicted octanol–water partition coefficient (Wildman–Crippen LogP) is 7.18. The van der Waals surface area contributed by atoms with Crippen molar-refractivity contribution in [2.45, 2.75) is 127 Å². The van der Waals surface area contributed by atoms with E-state index >= 15 is 0 Å². The zero-order valence-corrected chi connectivity index (χ0v) is 24.3. The number of aryl methyl sites for hydroxylation is 1. The van der Waals surface area contributed by atoms with E-state index in [1.807, 2.05) is 36.4 Å². The lowest BCUT2D eigenvalue weighted by Crippen LogP contribution is -2.27. The Bertz CT molecular complexity index is 866. The molecule has 2 rings (SSSR count). The first-order valence-corrected chi connectivity index (χ1v) is 15.5. The SMILES string of the molecule is C=CCCCCCCCCC(=O)O[C@@H]1C[C@H](O)[C@H](C/C=C\CCCC(=O)O)[C@H]1CC[C@@H](O)CCc1ccccc1. The third-order valence-corrected chi connectivity index (χ3v) is 8.10. The molecule has 224 valence electrons. The number of esters is 1. The third-order valence-electron chi connectivity index (χ3n) is 8.10. The van der Waals surface area contributed by atoms with Crippen molar-refractivity contribution in [3.8, 4) is 0 Å².